The molecule has 0 amide bonds. The molecule has 0 aliphatic heterocycles. The van der Waals surface area contributed by atoms with Crippen LogP contribution in [0.1, 0.15) is 375 Å². The van der Waals surface area contributed by atoms with E-state index < -0.39 is 97.5 Å². The minimum Gasteiger partial charge on any atom is -0.462 e. The smallest absolute Gasteiger partial charge is 0.462 e. The molecule has 19 heteroatoms. The molecule has 0 heterocycles. The van der Waals surface area contributed by atoms with Gasteiger partial charge in [-0.1, -0.05) is 324 Å². The fourth-order valence-electron chi connectivity index (χ4n) is 11.1. The molecule has 0 aliphatic carbocycles. The summed E-state index contributed by atoms with van der Waals surface area (Å²) in [5, 5.41) is 10.6. The van der Waals surface area contributed by atoms with Gasteiger partial charge in [-0.15, -0.1) is 0 Å². The predicted octanol–water partition coefficient (Wildman–Crippen LogP) is 21.2. The lowest BCUT2D eigenvalue weighted by molar-refractivity contribution is -0.161. The monoisotopic (exact) mass is 1350 g/mol. The molecule has 0 radical (unpaired) electrons. The fraction of sp³-hybridized carbons (Fsp3) is 0.945. The molecule has 0 spiro atoms. The minimum absolute atomic E-state index is 0.105. The summed E-state index contributed by atoms with van der Waals surface area (Å²) in [5.74, 6) is -0.630. The van der Waals surface area contributed by atoms with Crippen molar-refractivity contribution in [2.24, 2.45) is 11.8 Å². The summed E-state index contributed by atoms with van der Waals surface area (Å²) in [7, 11) is -9.90. The van der Waals surface area contributed by atoms with Gasteiger partial charge in [-0.05, 0) is 37.5 Å². The topological polar surface area (TPSA) is 237 Å². The van der Waals surface area contributed by atoms with Gasteiger partial charge in [-0.2, -0.15) is 0 Å². The number of carbonyl (C=O) groups excluding carboxylic acids is 4. The van der Waals surface area contributed by atoms with Crippen molar-refractivity contribution < 1.29 is 80.2 Å². The summed E-state index contributed by atoms with van der Waals surface area (Å²) in [6.07, 6.45) is 51.3. The number of esters is 4. The summed E-state index contributed by atoms with van der Waals surface area (Å²) in [6, 6.07) is 0. The molecule has 0 aromatic rings. The van der Waals surface area contributed by atoms with Gasteiger partial charge in [-0.25, -0.2) is 9.13 Å². The SMILES string of the molecule is CCCCCCCCCCCCCCCCCCC(=O)O[C@H](COC(=O)CCCCCCCCCCCCCC(C)C)COP(=O)(O)OC[C@@H](O)COP(=O)(O)OC[C@@H](COC(=O)CCCCCCCCCCCCC)OC(=O)CCCCCCCCCCC(C)C. The first-order valence-electron chi connectivity index (χ1n) is 38.0. The Hall–Kier alpha value is -1.94. The molecule has 3 N–H and O–H groups in total. The third-order valence-corrected chi connectivity index (χ3v) is 18.9. The van der Waals surface area contributed by atoms with Crippen LogP contribution in [0.3, 0.4) is 0 Å². The first kappa shape index (κ1) is 90.1. The van der Waals surface area contributed by atoms with Crippen molar-refractivity contribution in [2.75, 3.05) is 39.6 Å². The maximum absolute atomic E-state index is 13.1. The Kier molecular flexibility index (Phi) is 63.7. The molecule has 17 nitrogen and oxygen atoms in total. The zero-order valence-electron chi connectivity index (χ0n) is 59.9. The van der Waals surface area contributed by atoms with Gasteiger partial charge >= 0.3 is 39.5 Å². The Balaban J connectivity index is 5.25. The third kappa shape index (κ3) is 66.7. The average Bonchev–Trinajstić information content (AvgIpc) is 1.66. The number of hydrogen-bond donors (Lipinski definition) is 3. The van der Waals surface area contributed by atoms with Crippen LogP contribution in [0.4, 0.5) is 0 Å². The normalized spacial score (nSPS) is 14.1. The number of phosphoric acid groups is 2. The molecule has 546 valence electrons. The first-order chi connectivity index (χ1) is 44.4. The molecular formula is C73H142O17P2. The van der Waals surface area contributed by atoms with Crippen molar-refractivity contribution in [3.8, 4) is 0 Å². The quantitative estimate of drug-likeness (QED) is 0.0222. The van der Waals surface area contributed by atoms with E-state index in [0.29, 0.717) is 25.7 Å². The van der Waals surface area contributed by atoms with Gasteiger partial charge in [0.1, 0.15) is 19.3 Å². The van der Waals surface area contributed by atoms with Gasteiger partial charge in [0.25, 0.3) is 0 Å². The van der Waals surface area contributed by atoms with Crippen molar-refractivity contribution in [1.82, 2.24) is 0 Å². The largest absolute Gasteiger partial charge is 0.472 e. The highest BCUT2D eigenvalue weighted by atomic mass is 31.2. The molecule has 0 aliphatic rings. The highest BCUT2D eigenvalue weighted by molar-refractivity contribution is 7.47. The van der Waals surface area contributed by atoms with Crippen LogP contribution in [-0.4, -0.2) is 96.7 Å². The van der Waals surface area contributed by atoms with Crippen LogP contribution < -0.4 is 0 Å². The van der Waals surface area contributed by atoms with Crippen molar-refractivity contribution in [3.05, 3.63) is 0 Å². The number of aliphatic hydroxyl groups is 1. The number of ether oxygens (including phenoxy) is 4. The van der Waals surface area contributed by atoms with E-state index in [0.717, 1.165) is 102 Å². The van der Waals surface area contributed by atoms with E-state index in [1.807, 2.05) is 0 Å². The van der Waals surface area contributed by atoms with Crippen LogP contribution in [-0.2, 0) is 65.4 Å². The average molecular weight is 1350 g/mol. The van der Waals surface area contributed by atoms with Crippen molar-refractivity contribution in [3.63, 3.8) is 0 Å². The fourth-order valence-corrected chi connectivity index (χ4v) is 12.7. The van der Waals surface area contributed by atoms with E-state index in [4.69, 9.17) is 37.0 Å². The van der Waals surface area contributed by atoms with E-state index in [1.165, 1.54) is 193 Å². The maximum atomic E-state index is 13.1. The van der Waals surface area contributed by atoms with Crippen LogP contribution in [0.2, 0.25) is 0 Å². The molecule has 5 atom stereocenters. The molecule has 0 bridgehead atoms. The Morgan fingerprint density at radius 1 is 0.293 bits per heavy atom. The molecular weight excluding hydrogens is 1210 g/mol. The highest BCUT2D eigenvalue weighted by Gasteiger charge is 2.30. The van der Waals surface area contributed by atoms with Crippen LogP contribution in [0.5, 0.6) is 0 Å². The molecule has 92 heavy (non-hydrogen) atoms. The van der Waals surface area contributed by atoms with Crippen LogP contribution in [0, 0.1) is 11.8 Å². The van der Waals surface area contributed by atoms with Gasteiger partial charge < -0.3 is 33.8 Å². The molecule has 0 aromatic heterocycles. The third-order valence-electron chi connectivity index (χ3n) is 17.0. The van der Waals surface area contributed by atoms with Crippen LogP contribution in [0.25, 0.3) is 0 Å². The van der Waals surface area contributed by atoms with E-state index in [9.17, 15) is 43.2 Å². The Morgan fingerprint density at radius 2 is 0.500 bits per heavy atom. The Labute approximate surface area is 562 Å². The molecule has 0 saturated heterocycles. The molecule has 0 aromatic carbocycles. The Bertz CT molecular complexity index is 1790. The second-order valence-electron chi connectivity index (χ2n) is 27.3. The van der Waals surface area contributed by atoms with Gasteiger partial charge in [0.05, 0.1) is 26.4 Å². The van der Waals surface area contributed by atoms with Gasteiger partial charge in [0.2, 0.25) is 0 Å². The molecule has 0 rings (SSSR count). The zero-order valence-corrected chi connectivity index (χ0v) is 61.6. The standard InChI is InChI=1S/C73H142O17P2/c1-7-9-11-13-15-17-19-20-21-22-23-27-32-39-45-51-57-72(77)89-68(61-84-71(76)56-50-44-38-31-28-24-26-29-35-41-47-53-65(3)4)63-87-91(79,80)85-59-67(74)60-86-92(81,82)88-64-69(90-73(78)58-52-46-40-34-33-36-42-48-54-66(5)6)62-83-70(75)55-49-43-37-30-25-18-16-14-12-10-8-2/h65-69,74H,7-64H2,1-6H3,(H,79,80)(H,81,82)/t67-,68-,69-/m1/s1. The number of hydrogen-bond acceptors (Lipinski definition) is 15. The van der Waals surface area contributed by atoms with Gasteiger partial charge in [-0.3, -0.25) is 37.3 Å². The Morgan fingerprint density at radius 3 is 0.739 bits per heavy atom. The highest BCUT2D eigenvalue weighted by Crippen LogP contribution is 2.45. The lowest BCUT2D eigenvalue weighted by atomic mass is 10.0. The zero-order chi connectivity index (χ0) is 67.9. The minimum atomic E-state index is -4.95. The van der Waals surface area contributed by atoms with Crippen molar-refractivity contribution in [2.45, 2.75) is 394 Å². The van der Waals surface area contributed by atoms with E-state index >= 15 is 0 Å². The van der Waals surface area contributed by atoms with E-state index in [1.54, 1.807) is 0 Å². The second kappa shape index (κ2) is 65.0. The second-order valence-corrected chi connectivity index (χ2v) is 30.2. The summed E-state index contributed by atoms with van der Waals surface area (Å²) in [5.41, 5.74) is 0. The predicted molar refractivity (Wildman–Crippen MR) is 372 cm³/mol. The maximum Gasteiger partial charge on any atom is 0.472 e. The molecule has 2 unspecified atom stereocenters. The van der Waals surface area contributed by atoms with Gasteiger partial charge in [0.15, 0.2) is 12.2 Å². The summed E-state index contributed by atoms with van der Waals surface area (Å²) in [6.45, 7) is 9.54. The summed E-state index contributed by atoms with van der Waals surface area (Å²) >= 11 is 0. The first-order valence-corrected chi connectivity index (χ1v) is 41.0. The van der Waals surface area contributed by atoms with Crippen molar-refractivity contribution >= 4 is 39.5 Å². The lowest BCUT2D eigenvalue weighted by Crippen LogP contribution is -2.30. The summed E-state index contributed by atoms with van der Waals surface area (Å²) < 4.78 is 68.4. The number of unbranched alkanes of at least 4 members (excludes halogenated alkanes) is 42. The lowest BCUT2D eigenvalue weighted by Gasteiger charge is -2.21. The van der Waals surface area contributed by atoms with Crippen LogP contribution in [0.15, 0.2) is 0 Å². The number of phosphoric ester groups is 2. The van der Waals surface area contributed by atoms with E-state index in [-0.39, 0.29) is 25.7 Å². The van der Waals surface area contributed by atoms with E-state index in [2.05, 4.69) is 41.5 Å². The number of rotatable bonds is 72. The summed E-state index contributed by atoms with van der Waals surface area (Å²) in [4.78, 5) is 72.7. The van der Waals surface area contributed by atoms with Crippen LogP contribution >= 0.6 is 15.6 Å². The molecule has 0 fully saturated rings. The number of carbonyl (C=O) groups is 4. The molecule has 0 saturated carbocycles. The van der Waals surface area contributed by atoms with Crippen molar-refractivity contribution in [1.29, 1.82) is 0 Å². The number of aliphatic hydroxyl groups excluding tert-OH is 1. The van der Waals surface area contributed by atoms with Gasteiger partial charge in [0, 0.05) is 25.7 Å².